The second-order valence-electron chi connectivity index (χ2n) is 6.11. The molecular formula is C14H29N3O3S. The van der Waals surface area contributed by atoms with Gasteiger partial charge in [0.25, 0.3) is 0 Å². The molecule has 21 heavy (non-hydrogen) atoms. The van der Waals surface area contributed by atoms with Crippen LogP contribution < -0.4 is 5.32 Å². The zero-order valence-electron chi connectivity index (χ0n) is 13.5. The number of hydrogen-bond donors (Lipinski definition) is 1. The predicted molar refractivity (Wildman–Crippen MR) is 84.6 cm³/mol. The molecule has 1 fully saturated rings. The van der Waals surface area contributed by atoms with Crippen molar-refractivity contribution in [2.75, 3.05) is 40.0 Å². The Bertz CT molecular complexity index is 417. The van der Waals surface area contributed by atoms with Gasteiger partial charge < -0.3 is 10.2 Å². The highest BCUT2D eigenvalue weighted by Crippen LogP contribution is 2.24. The maximum Gasteiger partial charge on any atom is 0.235 e. The minimum atomic E-state index is -3.34. The zero-order valence-corrected chi connectivity index (χ0v) is 14.3. The van der Waals surface area contributed by atoms with Gasteiger partial charge in [-0.3, -0.25) is 4.79 Å². The fraction of sp³-hybridized carbons (Fsp3) is 0.929. The first kappa shape index (κ1) is 18.4. The van der Waals surface area contributed by atoms with Crippen LogP contribution in [0.5, 0.6) is 0 Å². The molecule has 0 aromatic rings. The zero-order chi connectivity index (χ0) is 15.9. The Balaban J connectivity index is 2.47. The standard InChI is InChI=1S/C14H29N3O3S/c1-16(2)11-7-10-15-14(18)12-17(21(3,19)20)13-8-5-4-6-9-13/h13H,4-12H2,1-3H3,(H,15,18). The summed E-state index contributed by atoms with van der Waals surface area (Å²) in [6.45, 7) is 1.43. The molecule has 0 aromatic heterocycles. The summed E-state index contributed by atoms with van der Waals surface area (Å²) in [5, 5.41) is 2.81. The van der Waals surface area contributed by atoms with Crippen LogP contribution in [-0.4, -0.2) is 69.6 Å². The number of nitrogens with zero attached hydrogens (tertiary/aromatic N) is 2. The SMILES string of the molecule is CN(C)CCCNC(=O)CN(C1CCCCC1)S(C)(=O)=O. The monoisotopic (exact) mass is 319 g/mol. The minimum absolute atomic E-state index is 0.0127. The number of carbonyl (C=O) groups is 1. The quantitative estimate of drug-likeness (QED) is 0.667. The average molecular weight is 319 g/mol. The summed E-state index contributed by atoms with van der Waals surface area (Å²) in [5.41, 5.74) is 0. The van der Waals surface area contributed by atoms with E-state index in [-0.39, 0.29) is 18.5 Å². The summed E-state index contributed by atoms with van der Waals surface area (Å²) >= 11 is 0. The van der Waals surface area contributed by atoms with Crippen molar-refractivity contribution in [3.8, 4) is 0 Å². The van der Waals surface area contributed by atoms with Gasteiger partial charge in [-0.05, 0) is 39.9 Å². The molecule has 1 rings (SSSR count). The fourth-order valence-electron chi connectivity index (χ4n) is 2.71. The lowest BCUT2D eigenvalue weighted by Gasteiger charge is -2.31. The number of sulfonamides is 1. The molecule has 0 heterocycles. The first-order valence-corrected chi connectivity index (χ1v) is 9.54. The Morgan fingerprint density at radius 1 is 1.19 bits per heavy atom. The molecule has 6 nitrogen and oxygen atoms in total. The highest BCUT2D eigenvalue weighted by atomic mass is 32.2. The number of rotatable bonds is 8. The van der Waals surface area contributed by atoms with Gasteiger partial charge in [-0.2, -0.15) is 4.31 Å². The van der Waals surface area contributed by atoms with Gasteiger partial charge in [-0.25, -0.2) is 8.42 Å². The Kier molecular flexibility index (Phi) is 7.62. The molecule has 1 aliphatic rings. The van der Waals surface area contributed by atoms with Crippen molar-refractivity contribution >= 4 is 15.9 Å². The van der Waals surface area contributed by atoms with Crippen LogP contribution in [0.2, 0.25) is 0 Å². The Morgan fingerprint density at radius 3 is 2.33 bits per heavy atom. The van der Waals surface area contributed by atoms with E-state index >= 15 is 0 Å². The third-order valence-electron chi connectivity index (χ3n) is 3.81. The minimum Gasteiger partial charge on any atom is -0.355 e. The van der Waals surface area contributed by atoms with Crippen LogP contribution in [0, 0.1) is 0 Å². The maximum atomic E-state index is 12.0. The van der Waals surface area contributed by atoms with Gasteiger partial charge in [0.2, 0.25) is 15.9 Å². The number of carbonyl (C=O) groups excluding carboxylic acids is 1. The summed E-state index contributed by atoms with van der Waals surface area (Å²) in [6.07, 6.45) is 7.02. The summed E-state index contributed by atoms with van der Waals surface area (Å²) in [5.74, 6) is -0.204. The molecule has 0 spiro atoms. The molecule has 1 aliphatic carbocycles. The van der Waals surface area contributed by atoms with Crippen LogP contribution in [0.15, 0.2) is 0 Å². The molecule has 0 radical (unpaired) electrons. The lowest BCUT2D eigenvalue weighted by atomic mass is 9.95. The number of hydrogen-bond acceptors (Lipinski definition) is 4. The topological polar surface area (TPSA) is 69.7 Å². The first-order chi connectivity index (χ1) is 9.80. The smallest absolute Gasteiger partial charge is 0.235 e. The van der Waals surface area contributed by atoms with Crippen LogP contribution in [-0.2, 0) is 14.8 Å². The number of nitrogens with one attached hydrogen (secondary N) is 1. The lowest BCUT2D eigenvalue weighted by molar-refractivity contribution is -0.121. The van der Waals surface area contributed by atoms with Crippen molar-refractivity contribution in [2.24, 2.45) is 0 Å². The van der Waals surface area contributed by atoms with Gasteiger partial charge in [0, 0.05) is 12.6 Å². The van der Waals surface area contributed by atoms with E-state index < -0.39 is 10.0 Å². The normalized spacial score (nSPS) is 17.4. The van der Waals surface area contributed by atoms with E-state index in [1.807, 2.05) is 14.1 Å². The van der Waals surface area contributed by atoms with Gasteiger partial charge >= 0.3 is 0 Å². The van der Waals surface area contributed by atoms with Crippen molar-refractivity contribution < 1.29 is 13.2 Å². The van der Waals surface area contributed by atoms with Crippen molar-refractivity contribution in [1.29, 1.82) is 0 Å². The van der Waals surface area contributed by atoms with E-state index in [1.54, 1.807) is 0 Å². The summed E-state index contributed by atoms with van der Waals surface area (Å²) in [6, 6.07) is -0.0127. The van der Waals surface area contributed by atoms with E-state index in [0.717, 1.165) is 45.1 Å². The molecule has 0 bridgehead atoms. The van der Waals surface area contributed by atoms with E-state index in [2.05, 4.69) is 10.2 Å². The Morgan fingerprint density at radius 2 is 1.81 bits per heavy atom. The fourth-order valence-corrected chi connectivity index (χ4v) is 3.81. The largest absolute Gasteiger partial charge is 0.355 e. The molecule has 124 valence electrons. The lowest BCUT2D eigenvalue weighted by Crippen LogP contribution is -2.46. The van der Waals surface area contributed by atoms with Crippen molar-refractivity contribution in [3.05, 3.63) is 0 Å². The second-order valence-corrected chi connectivity index (χ2v) is 8.04. The second kappa shape index (κ2) is 8.70. The third kappa shape index (κ3) is 7.24. The van der Waals surface area contributed by atoms with Crippen LogP contribution in [0.1, 0.15) is 38.5 Å². The van der Waals surface area contributed by atoms with Gasteiger partial charge in [0.1, 0.15) is 0 Å². The molecule has 0 saturated heterocycles. The van der Waals surface area contributed by atoms with Crippen LogP contribution in [0.3, 0.4) is 0 Å². The Labute approximate surface area is 128 Å². The van der Waals surface area contributed by atoms with E-state index in [9.17, 15) is 13.2 Å². The molecule has 1 amide bonds. The van der Waals surface area contributed by atoms with Crippen LogP contribution >= 0.6 is 0 Å². The van der Waals surface area contributed by atoms with Gasteiger partial charge in [-0.1, -0.05) is 19.3 Å². The summed E-state index contributed by atoms with van der Waals surface area (Å²) in [7, 11) is 0.625. The van der Waals surface area contributed by atoms with Gasteiger partial charge in [0.05, 0.1) is 12.8 Å². The molecule has 0 unspecified atom stereocenters. The van der Waals surface area contributed by atoms with E-state index in [4.69, 9.17) is 0 Å². The average Bonchev–Trinajstić information content (AvgIpc) is 2.40. The van der Waals surface area contributed by atoms with Gasteiger partial charge in [-0.15, -0.1) is 0 Å². The van der Waals surface area contributed by atoms with E-state index in [1.165, 1.54) is 10.6 Å². The molecule has 1 N–H and O–H groups in total. The van der Waals surface area contributed by atoms with Crippen LogP contribution in [0.4, 0.5) is 0 Å². The molecule has 7 heteroatoms. The predicted octanol–water partition coefficient (Wildman–Crippen LogP) is 0.649. The summed E-state index contributed by atoms with van der Waals surface area (Å²) in [4.78, 5) is 14.0. The Hall–Kier alpha value is -0.660. The van der Waals surface area contributed by atoms with Crippen LogP contribution in [0.25, 0.3) is 0 Å². The molecular weight excluding hydrogens is 290 g/mol. The molecule has 0 atom stereocenters. The third-order valence-corrected chi connectivity index (χ3v) is 5.09. The molecule has 1 saturated carbocycles. The van der Waals surface area contributed by atoms with Crippen molar-refractivity contribution in [2.45, 2.75) is 44.6 Å². The molecule has 0 aliphatic heterocycles. The molecule has 0 aromatic carbocycles. The summed E-state index contributed by atoms with van der Waals surface area (Å²) < 4.78 is 25.2. The first-order valence-electron chi connectivity index (χ1n) is 7.69. The number of amides is 1. The van der Waals surface area contributed by atoms with Crippen molar-refractivity contribution in [1.82, 2.24) is 14.5 Å². The van der Waals surface area contributed by atoms with Gasteiger partial charge in [0.15, 0.2) is 0 Å². The van der Waals surface area contributed by atoms with E-state index in [0.29, 0.717) is 6.54 Å². The van der Waals surface area contributed by atoms with Crippen molar-refractivity contribution in [3.63, 3.8) is 0 Å². The maximum absolute atomic E-state index is 12.0. The highest BCUT2D eigenvalue weighted by Gasteiger charge is 2.29. The highest BCUT2D eigenvalue weighted by molar-refractivity contribution is 7.88.